The second-order valence-electron chi connectivity index (χ2n) is 3.77. The van der Waals surface area contributed by atoms with Crippen LogP contribution in [0.15, 0.2) is 35.3 Å². The minimum atomic E-state index is -0.0148. The van der Waals surface area contributed by atoms with E-state index in [4.69, 9.17) is 4.74 Å². The van der Waals surface area contributed by atoms with Crippen LogP contribution in [0.1, 0.15) is 40.5 Å². The third-order valence-electron chi connectivity index (χ3n) is 1.89. The molecule has 2 heteroatoms. The molecular weight excluding hydrogens is 188 g/mol. The lowest BCUT2D eigenvalue weighted by molar-refractivity contribution is 0.103. The molecule has 0 aromatic heterocycles. The van der Waals surface area contributed by atoms with E-state index in [1.165, 1.54) is 11.1 Å². The Hall–Kier alpha value is -1.18. The quantitative estimate of drug-likeness (QED) is 0.406. The number of allylic oxidation sites excluding steroid dienone is 5. The molecule has 0 aliphatic carbocycles. The van der Waals surface area contributed by atoms with Crippen molar-refractivity contribution < 1.29 is 9.84 Å². The molecule has 15 heavy (non-hydrogen) atoms. The molecule has 0 aliphatic heterocycles. The van der Waals surface area contributed by atoms with Crippen LogP contribution >= 0.6 is 0 Å². The smallest absolute Gasteiger partial charge is 0.276 e. The van der Waals surface area contributed by atoms with E-state index in [-0.39, 0.29) is 5.95 Å². The number of aliphatic hydroxyl groups is 1. The second-order valence-corrected chi connectivity index (χ2v) is 3.77. The van der Waals surface area contributed by atoms with Crippen molar-refractivity contribution >= 4 is 0 Å². The van der Waals surface area contributed by atoms with Gasteiger partial charge in [0.1, 0.15) is 0 Å². The Labute approximate surface area is 93.0 Å². The van der Waals surface area contributed by atoms with Crippen LogP contribution in [0, 0.1) is 0 Å². The highest BCUT2D eigenvalue weighted by Gasteiger charge is 1.90. The van der Waals surface area contributed by atoms with Crippen molar-refractivity contribution in [1.82, 2.24) is 0 Å². The van der Waals surface area contributed by atoms with Crippen molar-refractivity contribution in [2.24, 2.45) is 0 Å². The molecule has 0 bridgehead atoms. The van der Waals surface area contributed by atoms with E-state index in [0.29, 0.717) is 6.61 Å². The first kappa shape index (κ1) is 13.8. The standard InChI is InChI=1S/C13H22O2/c1-5-15-13(14)10-9-12(4)8-6-7-11(2)3/h7,9-10,14H,5-6,8H2,1-4H3/b12-9+,13-10+. The molecule has 0 amide bonds. The van der Waals surface area contributed by atoms with Gasteiger partial charge in [-0.25, -0.2) is 0 Å². The Morgan fingerprint density at radius 3 is 2.40 bits per heavy atom. The summed E-state index contributed by atoms with van der Waals surface area (Å²) in [5.74, 6) is -0.0148. The fourth-order valence-corrected chi connectivity index (χ4v) is 1.08. The lowest BCUT2D eigenvalue weighted by atomic mass is 10.1. The van der Waals surface area contributed by atoms with Gasteiger partial charge in [-0.1, -0.05) is 23.3 Å². The van der Waals surface area contributed by atoms with Gasteiger partial charge >= 0.3 is 0 Å². The van der Waals surface area contributed by atoms with Gasteiger partial charge in [-0.2, -0.15) is 0 Å². The van der Waals surface area contributed by atoms with Crippen LogP contribution in [0.4, 0.5) is 0 Å². The van der Waals surface area contributed by atoms with E-state index < -0.39 is 0 Å². The van der Waals surface area contributed by atoms with Crippen molar-refractivity contribution in [3.05, 3.63) is 35.3 Å². The summed E-state index contributed by atoms with van der Waals surface area (Å²) in [5.41, 5.74) is 2.58. The summed E-state index contributed by atoms with van der Waals surface area (Å²) in [5, 5.41) is 9.19. The van der Waals surface area contributed by atoms with Gasteiger partial charge in [0.2, 0.25) is 0 Å². The van der Waals surface area contributed by atoms with Gasteiger partial charge in [-0.05, 0) is 40.5 Å². The maximum atomic E-state index is 9.19. The Morgan fingerprint density at radius 2 is 1.87 bits per heavy atom. The first-order chi connectivity index (χ1) is 7.06. The topological polar surface area (TPSA) is 29.5 Å². The van der Waals surface area contributed by atoms with E-state index in [2.05, 4.69) is 26.8 Å². The van der Waals surface area contributed by atoms with Crippen molar-refractivity contribution in [1.29, 1.82) is 0 Å². The molecule has 0 aromatic carbocycles. The Balaban J connectivity index is 3.98. The van der Waals surface area contributed by atoms with E-state index in [1.54, 1.807) is 6.08 Å². The Kier molecular flexibility index (Phi) is 7.51. The molecule has 0 aliphatic rings. The van der Waals surface area contributed by atoms with Gasteiger partial charge in [0.15, 0.2) is 0 Å². The summed E-state index contributed by atoms with van der Waals surface area (Å²) in [4.78, 5) is 0. The van der Waals surface area contributed by atoms with Gasteiger partial charge in [-0.15, -0.1) is 0 Å². The molecule has 0 heterocycles. The van der Waals surface area contributed by atoms with Crippen LogP contribution in [-0.4, -0.2) is 11.7 Å². The molecular formula is C13H22O2. The van der Waals surface area contributed by atoms with Crippen LogP contribution in [0.2, 0.25) is 0 Å². The SMILES string of the molecule is CCO/C(O)=C/C=C(\C)CCC=C(C)C. The van der Waals surface area contributed by atoms with Crippen LogP contribution in [0.5, 0.6) is 0 Å². The third kappa shape index (κ3) is 9.13. The summed E-state index contributed by atoms with van der Waals surface area (Å²) in [6.45, 7) is 8.58. The van der Waals surface area contributed by atoms with Crippen LogP contribution in [0.25, 0.3) is 0 Å². The fraction of sp³-hybridized carbons (Fsp3) is 0.538. The number of aliphatic hydroxyl groups excluding tert-OH is 1. The Morgan fingerprint density at radius 1 is 1.20 bits per heavy atom. The predicted molar refractivity (Wildman–Crippen MR) is 64.8 cm³/mol. The van der Waals surface area contributed by atoms with Gasteiger partial charge in [0.05, 0.1) is 6.61 Å². The van der Waals surface area contributed by atoms with Crippen molar-refractivity contribution in [3.8, 4) is 0 Å². The molecule has 0 radical (unpaired) electrons. The van der Waals surface area contributed by atoms with E-state index in [0.717, 1.165) is 12.8 Å². The lowest BCUT2D eigenvalue weighted by Crippen LogP contribution is -1.88. The lowest BCUT2D eigenvalue weighted by Gasteiger charge is -1.99. The van der Waals surface area contributed by atoms with Crippen LogP contribution < -0.4 is 0 Å². The van der Waals surface area contributed by atoms with Gasteiger partial charge in [-0.3, -0.25) is 0 Å². The van der Waals surface area contributed by atoms with Crippen LogP contribution in [-0.2, 0) is 4.74 Å². The molecule has 0 aromatic rings. The minimum Gasteiger partial charge on any atom is -0.481 e. The zero-order valence-corrected chi connectivity index (χ0v) is 10.2. The molecule has 0 saturated carbocycles. The average Bonchev–Trinajstić information content (AvgIpc) is 2.14. The molecule has 0 unspecified atom stereocenters. The van der Waals surface area contributed by atoms with Crippen molar-refractivity contribution in [2.75, 3.05) is 6.61 Å². The highest BCUT2D eigenvalue weighted by atomic mass is 16.6. The molecule has 0 fully saturated rings. The Bertz CT molecular complexity index is 256. The molecule has 0 rings (SSSR count). The molecule has 0 saturated heterocycles. The maximum Gasteiger partial charge on any atom is 0.276 e. The first-order valence-electron chi connectivity index (χ1n) is 5.38. The third-order valence-corrected chi connectivity index (χ3v) is 1.89. The average molecular weight is 210 g/mol. The maximum absolute atomic E-state index is 9.19. The molecule has 0 atom stereocenters. The second kappa shape index (κ2) is 8.16. The van der Waals surface area contributed by atoms with E-state index in [9.17, 15) is 5.11 Å². The summed E-state index contributed by atoms with van der Waals surface area (Å²) in [6, 6.07) is 0. The highest BCUT2D eigenvalue weighted by molar-refractivity contribution is 5.11. The molecule has 86 valence electrons. The fourth-order valence-electron chi connectivity index (χ4n) is 1.08. The first-order valence-corrected chi connectivity index (χ1v) is 5.38. The van der Waals surface area contributed by atoms with Crippen LogP contribution in [0.3, 0.4) is 0 Å². The molecule has 1 N–H and O–H groups in total. The molecule has 0 spiro atoms. The summed E-state index contributed by atoms with van der Waals surface area (Å²) >= 11 is 0. The number of hydrogen-bond donors (Lipinski definition) is 1. The minimum absolute atomic E-state index is 0.0148. The highest BCUT2D eigenvalue weighted by Crippen LogP contribution is 2.07. The monoisotopic (exact) mass is 210 g/mol. The summed E-state index contributed by atoms with van der Waals surface area (Å²) in [6.07, 6.45) is 7.77. The number of hydrogen-bond acceptors (Lipinski definition) is 2. The van der Waals surface area contributed by atoms with Gasteiger partial charge in [0.25, 0.3) is 5.95 Å². The predicted octanol–water partition coefficient (Wildman–Crippen LogP) is 4.12. The summed E-state index contributed by atoms with van der Waals surface area (Å²) in [7, 11) is 0. The summed E-state index contributed by atoms with van der Waals surface area (Å²) < 4.78 is 4.90. The van der Waals surface area contributed by atoms with Crippen molar-refractivity contribution in [2.45, 2.75) is 40.5 Å². The van der Waals surface area contributed by atoms with Gasteiger partial charge < -0.3 is 9.84 Å². The van der Waals surface area contributed by atoms with Crippen molar-refractivity contribution in [3.63, 3.8) is 0 Å². The van der Waals surface area contributed by atoms with E-state index >= 15 is 0 Å². The molecule has 2 nitrogen and oxygen atoms in total. The zero-order valence-electron chi connectivity index (χ0n) is 10.2. The van der Waals surface area contributed by atoms with E-state index in [1.807, 2.05) is 13.0 Å². The number of rotatable bonds is 6. The number of ether oxygens (including phenoxy) is 1. The van der Waals surface area contributed by atoms with Gasteiger partial charge in [0, 0.05) is 6.08 Å². The zero-order chi connectivity index (χ0) is 11.7. The normalized spacial score (nSPS) is 12.5. The largest absolute Gasteiger partial charge is 0.481 e.